The first-order valence-electron chi connectivity index (χ1n) is 13.5. The van der Waals surface area contributed by atoms with E-state index in [2.05, 4.69) is 0 Å². The maximum absolute atomic E-state index is 14.3. The van der Waals surface area contributed by atoms with Gasteiger partial charge in [0, 0.05) is 49.7 Å². The summed E-state index contributed by atoms with van der Waals surface area (Å²) in [5, 5.41) is 0. The maximum Gasteiger partial charge on any atom is 0.360 e. The molecule has 2 aromatic carbocycles. The Kier molecular flexibility index (Phi) is 9.91. The second kappa shape index (κ2) is 12.4. The smallest absolute Gasteiger partial charge is 0.360 e. The largest absolute Gasteiger partial charge is 1.00 e. The molecule has 0 aliphatic carbocycles. The van der Waals surface area contributed by atoms with Crippen LogP contribution in [-0.2, 0) is 24.7 Å². The quantitative estimate of drug-likeness (QED) is 0.410. The zero-order chi connectivity index (χ0) is 25.3. The van der Waals surface area contributed by atoms with Gasteiger partial charge in [-0.2, -0.15) is 0 Å². The number of hydrogen-bond donors (Lipinski definition) is 1. The van der Waals surface area contributed by atoms with Crippen LogP contribution < -0.4 is 18.1 Å². The number of carbonyl (C=O) groups is 2. The van der Waals surface area contributed by atoms with Gasteiger partial charge in [-0.05, 0) is 5.92 Å². The van der Waals surface area contributed by atoms with E-state index in [0.29, 0.717) is 23.2 Å². The summed E-state index contributed by atoms with van der Waals surface area (Å²) in [4.78, 5) is 27.5. The van der Waals surface area contributed by atoms with Crippen molar-refractivity contribution in [2.45, 2.75) is 82.2 Å². The average molecular weight is 564 g/mol. The number of hydrogen-bond acceptors (Lipinski definition) is 5. The average Bonchev–Trinajstić information content (AvgIpc) is 3.44. The van der Waals surface area contributed by atoms with Crippen LogP contribution in [0.25, 0.3) is 0 Å². The van der Waals surface area contributed by atoms with Crippen LogP contribution in [0.3, 0.4) is 0 Å². The number of ether oxygens (including phenoxy) is 2. The SMILES string of the molecule is CC(C)[C@H](N)C(=O)OC(C(=O)OC1CC2CCC(C1)[N+]21CCCC1)(c1ccccc1)c1ccccc1.Cl.[Cl-]. The predicted octanol–water partition coefficient (Wildman–Crippen LogP) is 1.73. The van der Waals surface area contributed by atoms with Gasteiger partial charge in [-0.1, -0.05) is 74.5 Å². The standard InChI is InChI=1S/C30H39N2O4.2ClH/c1-21(2)27(31)28(33)36-30(22-11-5-3-6-12-22,23-13-7-4-8-14-23)29(34)35-26-19-24-15-16-25(20-26)32(24)17-9-10-18-32;;/h3-8,11-14,21,24-27H,9-10,15-20,31H2,1-2H3;2*1H/q+1;;/p-1/t24?,25?,26?,27-;;/m0../s1. The Hall–Kier alpha value is -2.12. The summed E-state index contributed by atoms with van der Waals surface area (Å²) >= 11 is 0. The molecule has 208 valence electrons. The van der Waals surface area contributed by atoms with Crippen molar-refractivity contribution >= 4 is 24.3 Å². The molecule has 8 heteroatoms. The molecule has 0 saturated carbocycles. The van der Waals surface area contributed by atoms with Crippen molar-refractivity contribution in [2.75, 3.05) is 13.1 Å². The van der Waals surface area contributed by atoms with Crippen molar-refractivity contribution in [2.24, 2.45) is 11.7 Å². The van der Waals surface area contributed by atoms with Gasteiger partial charge < -0.3 is 32.1 Å². The van der Waals surface area contributed by atoms with E-state index in [1.165, 1.54) is 43.3 Å². The molecule has 0 radical (unpaired) electrons. The number of nitrogens with two attached hydrogens (primary N) is 1. The third kappa shape index (κ3) is 5.33. The summed E-state index contributed by atoms with van der Waals surface area (Å²) in [6.45, 7) is 6.26. The molecule has 3 atom stereocenters. The van der Waals surface area contributed by atoms with E-state index in [1.54, 1.807) is 0 Å². The molecule has 0 amide bonds. The van der Waals surface area contributed by atoms with Gasteiger partial charge in [-0.3, -0.25) is 4.79 Å². The van der Waals surface area contributed by atoms with Gasteiger partial charge in [0.15, 0.2) is 0 Å². The molecule has 1 spiro atoms. The summed E-state index contributed by atoms with van der Waals surface area (Å²) < 4.78 is 13.7. The molecule has 3 saturated heterocycles. The number of piperidine rings is 1. The zero-order valence-electron chi connectivity index (χ0n) is 22.3. The second-order valence-electron chi connectivity index (χ2n) is 11.2. The van der Waals surface area contributed by atoms with Gasteiger partial charge in [-0.15, -0.1) is 12.4 Å². The van der Waals surface area contributed by atoms with Crippen molar-refractivity contribution in [3.8, 4) is 0 Å². The molecule has 6 nitrogen and oxygen atoms in total. The number of carbonyl (C=O) groups excluding carboxylic acids is 2. The minimum absolute atomic E-state index is 0. The lowest BCUT2D eigenvalue weighted by Crippen LogP contribution is -3.00. The van der Waals surface area contributed by atoms with E-state index in [1.807, 2.05) is 74.5 Å². The predicted molar refractivity (Wildman–Crippen MR) is 145 cm³/mol. The number of rotatable bonds is 7. The summed E-state index contributed by atoms with van der Waals surface area (Å²) in [6, 6.07) is 18.7. The van der Waals surface area contributed by atoms with Crippen LogP contribution in [0.5, 0.6) is 0 Å². The number of quaternary nitrogens is 1. The molecular formula is C30H40Cl2N2O4. The zero-order valence-corrected chi connectivity index (χ0v) is 23.8. The summed E-state index contributed by atoms with van der Waals surface area (Å²) in [5.74, 6) is -1.28. The van der Waals surface area contributed by atoms with Crippen LogP contribution in [0.2, 0.25) is 0 Å². The highest BCUT2D eigenvalue weighted by atomic mass is 35.5. The molecule has 5 rings (SSSR count). The Morgan fingerprint density at radius 1 is 0.895 bits per heavy atom. The molecular weight excluding hydrogens is 523 g/mol. The van der Waals surface area contributed by atoms with Crippen molar-refractivity contribution in [3.05, 3.63) is 71.8 Å². The van der Waals surface area contributed by atoms with Crippen LogP contribution in [0.4, 0.5) is 0 Å². The molecule has 3 aliphatic heterocycles. The first-order chi connectivity index (χ1) is 17.4. The van der Waals surface area contributed by atoms with Gasteiger partial charge in [0.2, 0.25) is 0 Å². The fraction of sp³-hybridized carbons (Fsp3) is 0.533. The van der Waals surface area contributed by atoms with E-state index >= 15 is 0 Å². The van der Waals surface area contributed by atoms with E-state index in [0.717, 1.165) is 12.8 Å². The monoisotopic (exact) mass is 562 g/mol. The van der Waals surface area contributed by atoms with Crippen molar-refractivity contribution in [1.82, 2.24) is 0 Å². The first kappa shape index (κ1) is 30.4. The Labute approximate surface area is 238 Å². The highest BCUT2D eigenvalue weighted by Gasteiger charge is 2.57. The molecule has 38 heavy (non-hydrogen) atoms. The van der Waals surface area contributed by atoms with Crippen LogP contribution in [-0.4, -0.2) is 53.7 Å². The molecule has 2 N–H and O–H groups in total. The normalized spacial score (nSPS) is 24.3. The summed E-state index contributed by atoms with van der Waals surface area (Å²) in [5.41, 5.74) is 5.60. The van der Waals surface area contributed by atoms with Crippen molar-refractivity contribution < 1.29 is 36.0 Å². The molecule has 3 aliphatic rings. The van der Waals surface area contributed by atoms with E-state index in [-0.39, 0.29) is 36.8 Å². The van der Waals surface area contributed by atoms with Gasteiger partial charge >= 0.3 is 11.9 Å². The van der Waals surface area contributed by atoms with Gasteiger partial charge in [0.05, 0.1) is 25.2 Å². The Bertz CT molecular complexity index is 1020. The summed E-state index contributed by atoms with van der Waals surface area (Å²) in [7, 11) is 0. The number of benzene rings is 2. The van der Waals surface area contributed by atoms with E-state index < -0.39 is 23.6 Å². The summed E-state index contributed by atoms with van der Waals surface area (Å²) in [6.07, 6.45) is 6.59. The second-order valence-corrected chi connectivity index (χ2v) is 11.2. The van der Waals surface area contributed by atoms with Crippen LogP contribution in [0.1, 0.15) is 63.5 Å². The Balaban J connectivity index is 0.00000200. The molecule has 2 bridgehead atoms. The molecule has 3 heterocycles. The minimum atomic E-state index is -1.72. The lowest BCUT2D eigenvalue weighted by Gasteiger charge is -2.47. The Morgan fingerprint density at radius 2 is 1.37 bits per heavy atom. The molecule has 3 fully saturated rings. The van der Waals surface area contributed by atoms with Crippen LogP contribution in [0.15, 0.2) is 60.7 Å². The highest BCUT2D eigenvalue weighted by Crippen LogP contribution is 2.47. The van der Waals surface area contributed by atoms with Crippen LogP contribution >= 0.6 is 12.4 Å². The van der Waals surface area contributed by atoms with Crippen molar-refractivity contribution in [3.63, 3.8) is 0 Å². The van der Waals surface area contributed by atoms with Gasteiger partial charge in [-0.25, -0.2) is 4.79 Å². The topological polar surface area (TPSA) is 78.6 Å². The maximum atomic E-state index is 14.3. The highest BCUT2D eigenvalue weighted by molar-refractivity contribution is 5.90. The van der Waals surface area contributed by atoms with Gasteiger partial charge in [0.1, 0.15) is 12.1 Å². The lowest BCUT2D eigenvalue weighted by molar-refractivity contribution is -0.956. The van der Waals surface area contributed by atoms with Gasteiger partial charge in [0.25, 0.3) is 5.60 Å². The molecule has 0 aromatic heterocycles. The lowest BCUT2D eigenvalue weighted by atomic mass is 9.85. The fourth-order valence-electron chi connectivity index (χ4n) is 6.94. The third-order valence-corrected chi connectivity index (χ3v) is 8.92. The van der Waals surface area contributed by atoms with E-state index in [9.17, 15) is 9.59 Å². The van der Waals surface area contributed by atoms with Crippen molar-refractivity contribution in [1.29, 1.82) is 0 Å². The Morgan fingerprint density at radius 3 is 1.82 bits per heavy atom. The number of esters is 2. The van der Waals surface area contributed by atoms with Crippen LogP contribution in [0, 0.1) is 5.92 Å². The molecule has 2 unspecified atom stereocenters. The third-order valence-electron chi connectivity index (χ3n) is 8.92. The molecule has 2 aromatic rings. The minimum Gasteiger partial charge on any atom is -1.00 e. The van der Waals surface area contributed by atoms with E-state index in [4.69, 9.17) is 15.2 Å². The first-order valence-corrected chi connectivity index (χ1v) is 13.5. The fourth-order valence-corrected chi connectivity index (χ4v) is 6.94. The number of nitrogens with zero attached hydrogens (tertiary/aromatic N) is 1. The number of halogens is 2.